The predicted molar refractivity (Wildman–Crippen MR) is 111 cm³/mol. The number of nitrogens with zero attached hydrogens (tertiary/aromatic N) is 4. The third-order valence-electron chi connectivity index (χ3n) is 4.92. The Morgan fingerprint density at radius 3 is 2.72 bits per heavy atom. The Morgan fingerprint density at radius 1 is 1.21 bits per heavy atom. The Morgan fingerprint density at radius 2 is 2.00 bits per heavy atom. The maximum atomic E-state index is 13.7. The van der Waals surface area contributed by atoms with E-state index < -0.39 is 0 Å². The highest BCUT2D eigenvalue weighted by atomic mass is 35.5. The number of carbonyl (C=O) groups is 1. The van der Waals surface area contributed by atoms with E-state index in [9.17, 15) is 9.18 Å². The summed E-state index contributed by atoms with van der Waals surface area (Å²) in [7, 11) is 0. The minimum atomic E-state index is -0.310. The second-order valence-corrected chi connectivity index (χ2v) is 6.73. The van der Waals surface area contributed by atoms with E-state index in [2.05, 4.69) is 15.4 Å². The molecule has 1 aliphatic heterocycles. The molecular weight excluding hydrogens is 393 g/mol. The molecule has 1 N–H and O–H groups in total. The van der Waals surface area contributed by atoms with Crippen LogP contribution in [0.1, 0.15) is 35.0 Å². The molecular formula is C21H23ClFN5O. The van der Waals surface area contributed by atoms with Crippen LogP contribution in [-0.4, -0.2) is 45.2 Å². The van der Waals surface area contributed by atoms with Gasteiger partial charge in [-0.15, -0.1) is 17.5 Å². The molecule has 0 aliphatic carbocycles. The van der Waals surface area contributed by atoms with Crippen molar-refractivity contribution in [3.05, 3.63) is 77.6 Å². The Labute approximate surface area is 175 Å². The van der Waals surface area contributed by atoms with E-state index in [0.717, 1.165) is 17.1 Å². The Kier molecular flexibility index (Phi) is 6.61. The quantitative estimate of drug-likeness (QED) is 0.710. The molecule has 1 aliphatic rings. The van der Waals surface area contributed by atoms with Crippen molar-refractivity contribution in [2.75, 3.05) is 19.6 Å². The van der Waals surface area contributed by atoms with Crippen molar-refractivity contribution < 1.29 is 9.18 Å². The minimum Gasteiger partial charge on any atom is -0.326 e. The molecule has 0 bridgehead atoms. The summed E-state index contributed by atoms with van der Waals surface area (Å²) in [6, 6.07) is 15.8. The van der Waals surface area contributed by atoms with Gasteiger partial charge in [0.05, 0.1) is 11.7 Å². The number of halogens is 2. The van der Waals surface area contributed by atoms with Crippen LogP contribution < -0.4 is 5.32 Å². The van der Waals surface area contributed by atoms with E-state index >= 15 is 0 Å². The number of hydrogen-bond donors (Lipinski definition) is 1. The lowest BCUT2D eigenvalue weighted by atomic mass is 10.0. The molecule has 6 nitrogen and oxygen atoms in total. The molecule has 29 heavy (non-hydrogen) atoms. The number of nitrogens with one attached hydrogen (secondary N) is 1. The maximum absolute atomic E-state index is 13.7. The highest BCUT2D eigenvalue weighted by Gasteiger charge is 2.31. The Bertz CT molecular complexity index is 978. The summed E-state index contributed by atoms with van der Waals surface area (Å²) in [5, 5.41) is 7.77. The van der Waals surface area contributed by atoms with Gasteiger partial charge in [-0.05, 0) is 29.8 Å². The highest BCUT2D eigenvalue weighted by molar-refractivity contribution is 5.91. The third kappa shape index (κ3) is 4.31. The topological polar surface area (TPSA) is 63.1 Å². The van der Waals surface area contributed by atoms with Gasteiger partial charge in [-0.1, -0.05) is 37.3 Å². The SMILES string of the molecule is CCc1nc(C(=O)N2CCNCC2c2cccc(F)c2)nn1-c1ccccc1.Cl. The second kappa shape index (κ2) is 9.15. The monoisotopic (exact) mass is 415 g/mol. The van der Waals surface area contributed by atoms with E-state index in [4.69, 9.17) is 0 Å². The molecule has 1 unspecified atom stereocenters. The van der Waals surface area contributed by atoms with Gasteiger partial charge in [0.2, 0.25) is 5.82 Å². The molecule has 2 aromatic carbocycles. The van der Waals surface area contributed by atoms with Crippen LogP contribution in [0.5, 0.6) is 0 Å². The Balaban J connectivity index is 0.00000240. The summed E-state index contributed by atoms with van der Waals surface area (Å²) in [5.41, 5.74) is 1.63. The number of carbonyl (C=O) groups excluding carboxylic acids is 1. The molecule has 1 aromatic heterocycles. The number of aryl methyl sites for hydroxylation is 1. The summed E-state index contributed by atoms with van der Waals surface area (Å²) in [5.74, 6) is 0.353. The van der Waals surface area contributed by atoms with Crippen molar-refractivity contribution >= 4 is 18.3 Å². The van der Waals surface area contributed by atoms with E-state index in [0.29, 0.717) is 26.1 Å². The van der Waals surface area contributed by atoms with Crippen molar-refractivity contribution in [2.24, 2.45) is 0 Å². The van der Waals surface area contributed by atoms with Gasteiger partial charge in [-0.2, -0.15) is 0 Å². The maximum Gasteiger partial charge on any atom is 0.294 e. The van der Waals surface area contributed by atoms with Crippen molar-refractivity contribution in [3.8, 4) is 5.69 Å². The lowest BCUT2D eigenvalue weighted by molar-refractivity contribution is 0.0621. The van der Waals surface area contributed by atoms with Gasteiger partial charge in [-0.25, -0.2) is 14.1 Å². The lowest BCUT2D eigenvalue weighted by Gasteiger charge is -2.35. The summed E-state index contributed by atoms with van der Waals surface area (Å²) in [6.07, 6.45) is 0.657. The predicted octanol–water partition coefficient (Wildman–Crippen LogP) is 3.18. The molecule has 0 spiro atoms. The van der Waals surface area contributed by atoms with Crippen LogP contribution in [0.3, 0.4) is 0 Å². The molecule has 0 radical (unpaired) electrons. The first kappa shape index (κ1) is 21.0. The average Bonchev–Trinajstić information content (AvgIpc) is 3.18. The molecule has 2 heterocycles. The summed E-state index contributed by atoms with van der Waals surface area (Å²) in [4.78, 5) is 19.5. The molecule has 152 valence electrons. The van der Waals surface area contributed by atoms with Crippen molar-refractivity contribution in [1.29, 1.82) is 0 Å². The zero-order chi connectivity index (χ0) is 19.5. The zero-order valence-electron chi connectivity index (χ0n) is 16.1. The second-order valence-electron chi connectivity index (χ2n) is 6.73. The fraction of sp³-hybridized carbons (Fsp3) is 0.286. The van der Waals surface area contributed by atoms with Gasteiger partial charge in [0.15, 0.2) is 0 Å². The number of para-hydroxylation sites is 1. The fourth-order valence-electron chi connectivity index (χ4n) is 3.53. The molecule has 8 heteroatoms. The van der Waals surface area contributed by atoms with Crippen molar-refractivity contribution in [2.45, 2.75) is 19.4 Å². The fourth-order valence-corrected chi connectivity index (χ4v) is 3.53. The number of amides is 1. The first-order chi connectivity index (χ1) is 13.7. The van der Waals surface area contributed by atoms with Crippen LogP contribution in [0.4, 0.5) is 4.39 Å². The van der Waals surface area contributed by atoms with E-state index in [-0.39, 0.29) is 36.0 Å². The van der Waals surface area contributed by atoms with Crippen LogP contribution in [0.2, 0.25) is 0 Å². The van der Waals surface area contributed by atoms with Gasteiger partial charge in [-0.3, -0.25) is 4.79 Å². The number of piperazine rings is 1. The highest BCUT2D eigenvalue weighted by Crippen LogP contribution is 2.24. The van der Waals surface area contributed by atoms with E-state index in [1.54, 1.807) is 15.6 Å². The molecule has 3 aromatic rings. The van der Waals surface area contributed by atoms with Gasteiger partial charge >= 0.3 is 0 Å². The molecule has 1 amide bonds. The standard InChI is InChI=1S/C21H22FN5O.ClH/c1-2-19-24-20(25-27(19)17-9-4-3-5-10-17)21(28)26-12-11-23-14-18(26)15-7-6-8-16(22)13-15;/h3-10,13,18,23H,2,11-12,14H2,1H3;1H. The zero-order valence-corrected chi connectivity index (χ0v) is 16.9. The third-order valence-corrected chi connectivity index (χ3v) is 4.92. The van der Waals surface area contributed by atoms with Crippen LogP contribution in [0.15, 0.2) is 54.6 Å². The summed E-state index contributed by atoms with van der Waals surface area (Å²) >= 11 is 0. The van der Waals surface area contributed by atoms with Gasteiger partial charge in [0.1, 0.15) is 11.6 Å². The van der Waals surface area contributed by atoms with Crippen LogP contribution in [0.25, 0.3) is 5.69 Å². The number of rotatable bonds is 4. The largest absolute Gasteiger partial charge is 0.326 e. The molecule has 1 saturated heterocycles. The first-order valence-corrected chi connectivity index (χ1v) is 9.46. The van der Waals surface area contributed by atoms with Crippen molar-refractivity contribution in [1.82, 2.24) is 25.0 Å². The minimum absolute atomic E-state index is 0. The molecule has 4 rings (SSSR count). The van der Waals surface area contributed by atoms with Crippen LogP contribution >= 0.6 is 12.4 Å². The summed E-state index contributed by atoms with van der Waals surface area (Å²) < 4.78 is 15.4. The lowest BCUT2D eigenvalue weighted by Crippen LogP contribution is -2.49. The van der Waals surface area contributed by atoms with Gasteiger partial charge in [0.25, 0.3) is 5.91 Å². The number of benzene rings is 2. The molecule has 1 fully saturated rings. The summed E-state index contributed by atoms with van der Waals surface area (Å²) in [6.45, 7) is 3.74. The van der Waals surface area contributed by atoms with Gasteiger partial charge < -0.3 is 10.2 Å². The van der Waals surface area contributed by atoms with E-state index in [1.165, 1.54) is 12.1 Å². The Hall–Kier alpha value is -2.77. The van der Waals surface area contributed by atoms with Crippen LogP contribution in [-0.2, 0) is 6.42 Å². The first-order valence-electron chi connectivity index (χ1n) is 9.46. The normalized spacial score (nSPS) is 16.3. The molecule has 1 atom stereocenters. The number of hydrogen-bond acceptors (Lipinski definition) is 4. The average molecular weight is 416 g/mol. The number of aromatic nitrogens is 3. The van der Waals surface area contributed by atoms with Gasteiger partial charge in [0, 0.05) is 26.1 Å². The molecule has 0 saturated carbocycles. The van der Waals surface area contributed by atoms with Crippen molar-refractivity contribution in [3.63, 3.8) is 0 Å². The van der Waals surface area contributed by atoms with E-state index in [1.807, 2.05) is 43.3 Å². The smallest absolute Gasteiger partial charge is 0.294 e. The van der Waals surface area contributed by atoms with Crippen LogP contribution in [0, 0.1) is 5.82 Å².